The van der Waals surface area contributed by atoms with Crippen LogP contribution < -0.4 is 15.1 Å². The van der Waals surface area contributed by atoms with E-state index in [2.05, 4.69) is 5.32 Å². The lowest BCUT2D eigenvalue weighted by molar-refractivity contribution is -0.121. The Morgan fingerprint density at radius 1 is 0.769 bits per heavy atom. The molecule has 7 heteroatoms. The van der Waals surface area contributed by atoms with Crippen molar-refractivity contribution in [1.82, 2.24) is 0 Å². The molecule has 0 aliphatic carbocycles. The molecule has 1 aromatic rings. The van der Waals surface area contributed by atoms with E-state index in [1.165, 1.54) is 18.2 Å². The number of anilines is 3. The van der Waals surface area contributed by atoms with Crippen molar-refractivity contribution in [2.24, 2.45) is 0 Å². The fourth-order valence-electron chi connectivity index (χ4n) is 2.93. The minimum absolute atomic E-state index is 0.0767. The highest BCUT2D eigenvalue weighted by Gasteiger charge is 2.33. The normalized spacial score (nSPS) is 17.4. The van der Waals surface area contributed by atoms with Gasteiger partial charge in [-0.1, -0.05) is 0 Å². The first-order chi connectivity index (χ1) is 12.2. The molecule has 0 bridgehead atoms. The van der Waals surface area contributed by atoms with Crippen LogP contribution in [0.25, 0.3) is 0 Å². The molecule has 7 nitrogen and oxygen atoms in total. The van der Waals surface area contributed by atoms with Crippen LogP contribution in [0.15, 0.2) is 41.5 Å². The number of amides is 4. The topological polar surface area (TPSA) is 86.8 Å². The van der Waals surface area contributed by atoms with Gasteiger partial charge in [0.25, 0.3) is 23.6 Å². The average molecular weight is 353 g/mol. The first-order valence-corrected chi connectivity index (χ1v) is 8.24. The van der Waals surface area contributed by atoms with Crippen LogP contribution in [-0.4, -0.2) is 29.7 Å². The predicted molar refractivity (Wildman–Crippen MR) is 97.7 cm³/mol. The summed E-state index contributed by atoms with van der Waals surface area (Å²) in [5, 5.41) is 3.18. The van der Waals surface area contributed by atoms with E-state index in [9.17, 15) is 19.2 Å². The Labute approximate surface area is 151 Å². The van der Waals surface area contributed by atoms with Gasteiger partial charge in [-0.15, -0.1) is 0 Å². The summed E-state index contributed by atoms with van der Waals surface area (Å²) in [5.74, 6) is -1.74. The molecule has 1 N–H and O–H groups in total. The molecule has 0 radical (unpaired) electrons. The molecule has 0 saturated carbocycles. The second kappa shape index (κ2) is 6.25. The molecule has 0 atom stereocenters. The van der Waals surface area contributed by atoms with E-state index in [1.54, 1.807) is 26.0 Å². The van der Waals surface area contributed by atoms with Crippen LogP contribution in [0.2, 0.25) is 0 Å². The fourth-order valence-corrected chi connectivity index (χ4v) is 2.93. The van der Waals surface area contributed by atoms with Crippen molar-refractivity contribution < 1.29 is 19.2 Å². The molecule has 4 amide bonds. The maximum Gasteiger partial charge on any atom is 0.261 e. The maximum atomic E-state index is 12.3. The number of benzene rings is 1. The van der Waals surface area contributed by atoms with Crippen molar-refractivity contribution in [3.63, 3.8) is 0 Å². The largest absolute Gasteiger partial charge is 0.383 e. The SMILES string of the molecule is CC1=CC(=O)N(c2cc(NC(C)C)cc(N3C(=O)C=C(C)C3=O)c2)C1=O. The Morgan fingerprint density at radius 3 is 1.50 bits per heavy atom. The number of nitrogens with zero attached hydrogens (tertiary/aromatic N) is 2. The first kappa shape index (κ1) is 17.6. The van der Waals surface area contributed by atoms with Crippen LogP contribution >= 0.6 is 0 Å². The van der Waals surface area contributed by atoms with E-state index >= 15 is 0 Å². The monoisotopic (exact) mass is 353 g/mol. The van der Waals surface area contributed by atoms with Crippen LogP contribution in [0.3, 0.4) is 0 Å². The van der Waals surface area contributed by atoms with E-state index in [4.69, 9.17) is 0 Å². The van der Waals surface area contributed by atoms with Crippen molar-refractivity contribution in [3.8, 4) is 0 Å². The third-order valence-corrected chi connectivity index (χ3v) is 4.08. The van der Waals surface area contributed by atoms with Crippen molar-refractivity contribution in [3.05, 3.63) is 41.5 Å². The van der Waals surface area contributed by atoms with Crippen LogP contribution in [-0.2, 0) is 19.2 Å². The number of imide groups is 2. The van der Waals surface area contributed by atoms with Gasteiger partial charge in [-0.3, -0.25) is 19.2 Å². The molecule has 1 aromatic carbocycles. The van der Waals surface area contributed by atoms with Gasteiger partial charge in [0, 0.05) is 35.0 Å². The third-order valence-electron chi connectivity index (χ3n) is 4.08. The fraction of sp³-hybridized carbons (Fsp3) is 0.263. The van der Waals surface area contributed by atoms with E-state index in [-0.39, 0.29) is 6.04 Å². The van der Waals surface area contributed by atoms with Crippen molar-refractivity contribution in [2.75, 3.05) is 15.1 Å². The molecule has 2 heterocycles. The Balaban J connectivity index is 2.09. The second-order valence-electron chi connectivity index (χ2n) is 6.65. The van der Waals surface area contributed by atoms with Gasteiger partial charge < -0.3 is 5.32 Å². The number of carbonyl (C=O) groups is 4. The third kappa shape index (κ3) is 2.92. The van der Waals surface area contributed by atoms with Crippen molar-refractivity contribution in [1.29, 1.82) is 0 Å². The van der Waals surface area contributed by atoms with Gasteiger partial charge in [0.1, 0.15) is 0 Å². The number of carbonyl (C=O) groups excluding carboxylic acids is 4. The summed E-state index contributed by atoms with van der Waals surface area (Å²) >= 11 is 0. The van der Waals surface area contributed by atoms with Crippen LogP contribution in [0.1, 0.15) is 27.7 Å². The van der Waals surface area contributed by atoms with Crippen LogP contribution in [0.4, 0.5) is 17.1 Å². The van der Waals surface area contributed by atoms with Gasteiger partial charge in [0.2, 0.25) is 0 Å². The molecule has 0 spiro atoms. The minimum Gasteiger partial charge on any atom is -0.383 e. The minimum atomic E-state index is -0.450. The number of rotatable bonds is 4. The summed E-state index contributed by atoms with van der Waals surface area (Å²) in [6.07, 6.45) is 2.53. The number of hydrogen-bond acceptors (Lipinski definition) is 5. The lowest BCUT2D eigenvalue weighted by atomic mass is 10.2. The first-order valence-electron chi connectivity index (χ1n) is 8.24. The molecule has 0 fully saturated rings. The van der Waals surface area contributed by atoms with Gasteiger partial charge in [0.05, 0.1) is 11.4 Å². The summed E-state index contributed by atoms with van der Waals surface area (Å²) in [6, 6.07) is 4.87. The Morgan fingerprint density at radius 2 is 1.19 bits per heavy atom. The Hall–Kier alpha value is -3.22. The highest BCUT2D eigenvalue weighted by Crippen LogP contribution is 2.33. The molecule has 134 valence electrons. The highest BCUT2D eigenvalue weighted by molar-refractivity contribution is 6.32. The molecule has 26 heavy (non-hydrogen) atoms. The summed E-state index contributed by atoms with van der Waals surface area (Å²) in [5.41, 5.74) is 1.88. The zero-order valence-corrected chi connectivity index (χ0v) is 15.0. The molecular formula is C19H19N3O4. The lowest BCUT2D eigenvalue weighted by Gasteiger charge is -2.22. The van der Waals surface area contributed by atoms with Gasteiger partial charge in [-0.2, -0.15) is 0 Å². The van der Waals surface area contributed by atoms with E-state index < -0.39 is 23.6 Å². The van der Waals surface area contributed by atoms with Gasteiger partial charge in [-0.25, -0.2) is 9.80 Å². The van der Waals surface area contributed by atoms with Gasteiger partial charge in [-0.05, 0) is 45.9 Å². The molecule has 2 aliphatic heterocycles. The molecule has 2 aliphatic rings. The molecule has 0 unspecified atom stereocenters. The van der Waals surface area contributed by atoms with E-state index in [0.717, 1.165) is 9.80 Å². The number of nitrogens with one attached hydrogen (secondary N) is 1. The Kier molecular flexibility index (Phi) is 4.23. The van der Waals surface area contributed by atoms with E-state index in [1.807, 2.05) is 13.8 Å². The highest BCUT2D eigenvalue weighted by atomic mass is 16.2. The van der Waals surface area contributed by atoms with Crippen molar-refractivity contribution in [2.45, 2.75) is 33.7 Å². The predicted octanol–water partition coefficient (Wildman–Crippen LogP) is 2.15. The second-order valence-corrected chi connectivity index (χ2v) is 6.65. The van der Waals surface area contributed by atoms with E-state index in [0.29, 0.717) is 28.2 Å². The van der Waals surface area contributed by atoms with Crippen LogP contribution in [0.5, 0.6) is 0 Å². The quantitative estimate of drug-likeness (QED) is 0.838. The summed E-state index contributed by atoms with van der Waals surface area (Å²) in [7, 11) is 0. The van der Waals surface area contributed by atoms with Gasteiger partial charge >= 0.3 is 0 Å². The molecule has 3 rings (SSSR count). The number of hydrogen-bond donors (Lipinski definition) is 1. The summed E-state index contributed by atoms with van der Waals surface area (Å²) in [6.45, 7) is 7.00. The summed E-state index contributed by atoms with van der Waals surface area (Å²) in [4.78, 5) is 51.1. The van der Waals surface area contributed by atoms with Gasteiger partial charge in [0.15, 0.2) is 0 Å². The lowest BCUT2D eigenvalue weighted by Crippen LogP contribution is -2.33. The van der Waals surface area contributed by atoms with Crippen molar-refractivity contribution >= 4 is 40.7 Å². The molecule has 0 saturated heterocycles. The zero-order valence-electron chi connectivity index (χ0n) is 15.0. The zero-order chi connectivity index (χ0) is 19.2. The average Bonchev–Trinajstić information content (AvgIpc) is 2.93. The maximum absolute atomic E-state index is 12.3. The summed E-state index contributed by atoms with van der Waals surface area (Å²) < 4.78 is 0. The van der Waals surface area contributed by atoms with Crippen LogP contribution in [0, 0.1) is 0 Å². The molecule has 0 aromatic heterocycles. The Bertz CT molecular complexity index is 845. The standard InChI is InChI=1S/C19H19N3O4/c1-10(2)20-13-7-14(21-16(23)5-11(3)18(21)25)9-15(8-13)22-17(24)6-12(4)19(22)26/h5-10,20H,1-4H3. The smallest absolute Gasteiger partial charge is 0.261 e. The molecular weight excluding hydrogens is 334 g/mol.